The minimum absolute atomic E-state index is 0.502. The summed E-state index contributed by atoms with van der Waals surface area (Å²) < 4.78 is 11.0. The van der Waals surface area contributed by atoms with E-state index in [4.69, 9.17) is 9.15 Å². The van der Waals surface area contributed by atoms with Crippen LogP contribution in [0.3, 0.4) is 0 Å². The van der Waals surface area contributed by atoms with Crippen molar-refractivity contribution >= 4 is 0 Å². The highest BCUT2D eigenvalue weighted by molar-refractivity contribution is 5.20. The lowest BCUT2D eigenvalue weighted by Gasteiger charge is -2.25. The zero-order valence-corrected chi connectivity index (χ0v) is 13.0. The molecule has 1 aromatic rings. The molecule has 1 N–H and O–H groups in total. The molecule has 0 fully saturated rings. The SMILES string of the molecule is CCNCc1cc(CN(CCOC)C(C)C)c(C)o1. The standard InChI is InChI=1S/C15H28N2O2/c1-6-16-10-15-9-14(13(4)19-15)11-17(12(2)3)7-8-18-5/h9,12,16H,6-8,10-11H2,1-5H3. The normalized spacial score (nSPS) is 11.7. The van der Waals surface area contributed by atoms with Gasteiger partial charge in [-0.15, -0.1) is 0 Å². The lowest BCUT2D eigenvalue weighted by Crippen LogP contribution is -2.33. The van der Waals surface area contributed by atoms with Crippen LogP contribution in [0.1, 0.15) is 37.9 Å². The van der Waals surface area contributed by atoms with E-state index in [1.807, 2.05) is 6.92 Å². The summed E-state index contributed by atoms with van der Waals surface area (Å²) in [7, 11) is 1.75. The van der Waals surface area contributed by atoms with Crippen LogP contribution < -0.4 is 5.32 Å². The van der Waals surface area contributed by atoms with Crippen molar-refractivity contribution in [3.63, 3.8) is 0 Å². The summed E-state index contributed by atoms with van der Waals surface area (Å²) in [6.45, 7) is 13.0. The van der Waals surface area contributed by atoms with Crippen LogP contribution in [0.15, 0.2) is 10.5 Å². The molecule has 19 heavy (non-hydrogen) atoms. The van der Waals surface area contributed by atoms with E-state index in [1.54, 1.807) is 7.11 Å². The smallest absolute Gasteiger partial charge is 0.118 e. The average molecular weight is 268 g/mol. The number of hydrogen-bond donors (Lipinski definition) is 1. The van der Waals surface area contributed by atoms with Crippen molar-refractivity contribution in [1.82, 2.24) is 10.2 Å². The Balaban J connectivity index is 2.64. The van der Waals surface area contributed by atoms with Gasteiger partial charge in [-0.05, 0) is 33.4 Å². The first-order valence-corrected chi connectivity index (χ1v) is 7.10. The van der Waals surface area contributed by atoms with Crippen molar-refractivity contribution in [3.8, 4) is 0 Å². The van der Waals surface area contributed by atoms with E-state index < -0.39 is 0 Å². The molecule has 0 spiro atoms. The van der Waals surface area contributed by atoms with Crippen LogP contribution in [-0.2, 0) is 17.8 Å². The van der Waals surface area contributed by atoms with E-state index >= 15 is 0 Å². The van der Waals surface area contributed by atoms with Gasteiger partial charge in [-0.1, -0.05) is 6.92 Å². The minimum atomic E-state index is 0.502. The Hall–Kier alpha value is -0.840. The number of rotatable bonds is 9. The van der Waals surface area contributed by atoms with Gasteiger partial charge in [-0.3, -0.25) is 4.90 Å². The van der Waals surface area contributed by atoms with Crippen molar-refractivity contribution in [1.29, 1.82) is 0 Å². The van der Waals surface area contributed by atoms with Crippen LogP contribution >= 0.6 is 0 Å². The zero-order valence-electron chi connectivity index (χ0n) is 13.0. The summed E-state index contributed by atoms with van der Waals surface area (Å²) in [6.07, 6.45) is 0. The number of aryl methyl sites for hydroxylation is 1. The first kappa shape index (κ1) is 16.2. The van der Waals surface area contributed by atoms with Crippen LogP contribution in [0.5, 0.6) is 0 Å². The summed E-state index contributed by atoms with van der Waals surface area (Å²) >= 11 is 0. The van der Waals surface area contributed by atoms with E-state index in [0.717, 1.165) is 44.3 Å². The fourth-order valence-electron chi connectivity index (χ4n) is 2.03. The zero-order chi connectivity index (χ0) is 14.3. The number of furan rings is 1. The molecule has 4 heteroatoms. The summed E-state index contributed by atoms with van der Waals surface area (Å²) in [5, 5.41) is 3.29. The fourth-order valence-corrected chi connectivity index (χ4v) is 2.03. The molecule has 110 valence electrons. The van der Waals surface area contributed by atoms with Gasteiger partial charge in [0, 0.05) is 31.8 Å². The third kappa shape index (κ3) is 5.35. The molecule has 0 saturated carbocycles. The van der Waals surface area contributed by atoms with Crippen LogP contribution in [0.4, 0.5) is 0 Å². The van der Waals surface area contributed by atoms with E-state index in [9.17, 15) is 0 Å². The van der Waals surface area contributed by atoms with Crippen LogP contribution in [-0.4, -0.2) is 37.7 Å². The van der Waals surface area contributed by atoms with Crippen molar-refractivity contribution in [2.75, 3.05) is 26.8 Å². The maximum Gasteiger partial charge on any atom is 0.118 e. The average Bonchev–Trinajstić information content (AvgIpc) is 2.72. The number of nitrogens with one attached hydrogen (secondary N) is 1. The minimum Gasteiger partial charge on any atom is -0.465 e. The first-order chi connectivity index (χ1) is 9.08. The molecule has 4 nitrogen and oxygen atoms in total. The number of hydrogen-bond acceptors (Lipinski definition) is 4. The summed E-state index contributed by atoms with van der Waals surface area (Å²) in [5.74, 6) is 2.04. The Morgan fingerprint density at radius 3 is 2.74 bits per heavy atom. The lowest BCUT2D eigenvalue weighted by molar-refractivity contribution is 0.124. The molecule has 1 aromatic heterocycles. The van der Waals surface area contributed by atoms with Gasteiger partial charge in [0.1, 0.15) is 11.5 Å². The third-order valence-corrected chi connectivity index (χ3v) is 3.31. The second-order valence-electron chi connectivity index (χ2n) is 5.13. The topological polar surface area (TPSA) is 37.6 Å². The van der Waals surface area contributed by atoms with Gasteiger partial charge >= 0.3 is 0 Å². The highest BCUT2D eigenvalue weighted by Gasteiger charge is 2.14. The van der Waals surface area contributed by atoms with Crippen molar-refractivity contribution in [2.45, 2.75) is 46.8 Å². The second kappa shape index (κ2) is 8.35. The summed E-state index contributed by atoms with van der Waals surface area (Å²) in [4.78, 5) is 2.40. The lowest BCUT2D eigenvalue weighted by atomic mass is 10.2. The fraction of sp³-hybridized carbons (Fsp3) is 0.733. The van der Waals surface area contributed by atoms with E-state index in [2.05, 4.69) is 37.1 Å². The molecule has 0 amide bonds. The molecule has 0 saturated heterocycles. The molecular weight excluding hydrogens is 240 g/mol. The van der Waals surface area contributed by atoms with Gasteiger partial charge in [0.05, 0.1) is 13.2 Å². The monoisotopic (exact) mass is 268 g/mol. The molecule has 1 rings (SSSR count). The van der Waals surface area contributed by atoms with E-state index in [1.165, 1.54) is 5.56 Å². The highest BCUT2D eigenvalue weighted by atomic mass is 16.5. The molecular formula is C15H28N2O2. The van der Waals surface area contributed by atoms with E-state index in [0.29, 0.717) is 6.04 Å². The van der Waals surface area contributed by atoms with Gasteiger partial charge < -0.3 is 14.5 Å². The van der Waals surface area contributed by atoms with Gasteiger partial charge in [0.2, 0.25) is 0 Å². The summed E-state index contributed by atoms with van der Waals surface area (Å²) in [6, 6.07) is 2.67. The molecule has 0 aliphatic heterocycles. The predicted octanol–water partition coefficient (Wildman–Crippen LogP) is 2.55. The Morgan fingerprint density at radius 1 is 1.42 bits per heavy atom. The Morgan fingerprint density at radius 2 is 2.16 bits per heavy atom. The summed E-state index contributed by atoms with van der Waals surface area (Å²) in [5.41, 5.74) is 1.28. The van der Waals surface area contributed by atoms with Gasteiger partial charge in [-0.25, -0.2) is 0 Å². The van der Waals surface area contributed by atoms with E-state index in [-0.39, 0.29) is 0 Å². The first-order valence-electron chi connectivity index (χ1n) is 7.10. The van der Waals surface area contributed by atoms with Crippen LogP contribution in [0, 0.1) is 6.92 Å². The van der Waals surface area contributed by atoms with Gasteiger partial charge in [0.25, 0.3) is 0 Å². The van der Waals surface area contributed by atoms with Crippen LogP contribution in [0.25, 0.3) is 0 Å². The Bertz CT molecular complexity index is 361. The molecule has 0 aromatic carbocycles. The second-order valence-corrected chi connectivity index (χ2v) is 5.13. The molecule has 0 unspecified atom stereocenters. The maximum absolute atomic E-state index is 5.78. The third-order valence-electron chi connectivity index (χ3n) is 3.31. The molecule has 0 bridgehead atoms. The Kier molecular flexibility index (Phi) is 7.13. The highest BCUT2D eigenvalue weighted by Crippen LogP contribution is 2.17. The van der Waals surface area contributed by atoms with Crippen LogP contribution in [0.2, 0.25) is 0 Å². The molecule has 1 heterocycles. The molecule has 0 atom stereocenters. The van der Waals surface area contributed by atoms with Crippen molar-refractivity contribution in [3.05, 3.63) is 23.2 Å². The quantitative estimate of drug-likeness (QED) is 0.747. The van der Waals surface area contributed by atoms with Crippen molar-refractivity contribution < 1.29 is 9.15 Å². The molecule has 0 aliphatic rings. The van der Waals surface area contributed by atoms with Gasteiger partial charge in [0.15, 0.2) is 0 Å². The number of nitrogens with zero attached hydrogens (tertiary/aromatic N) is 1. The number of methoxy groups -OCH3 is 1. The largest absolute Gasteiger partial charge is 0.465 e. The molecule has 0 radical (unpaired) electrons. The predicted molar refractivity (Wildman–Crippen MR) is 78.2 cm³/mol. The van der Waals surface area contributed by atoms with Gasteiger partial charge in [-0.2, -0.15) is 0 Å². The van der Waals surface area contributed by atoms with Crippen molar-refractivity contribution in [2.24, 2.45) is 0 Å². The maximum atomic E-state index is 5.78. The Labute approximate surface area is 117 Å². The molecule has 0 aliphatic carbocycles. The number of ether oxygens (including phenoxy) is 1.